The van der Waals surface area contributed by atoms with Crippen molar-refractivity contribution in [3.8, 4) is 4.37 Å². The van der Waals surface area contributed by atoms with Crippen molar-refractivity contribution in [3.63, 3.8) is 0 Å². The average molecular weight is 1030 g/mol. The molecule has 0 radical (unpaired) electrons. The summed E-state index contributed by atoms with van der Waals surface area (Å²) in [6.07, 6.45) is 9.57. The fourth-order valence-corrected chi connectivity index (χ4v) is 15.1. The molecule has 0 bridgehead atoms. The number of amides is 2. The molecule has 3 heterocycles. The normalized spacial score (nSPS) is 18.0. The van der Waals surface area contributed by atoms with E-state index < -0.39 is 7.26 Å². The predicted octanol–water partition coefficient (Wildman–Crippen LogP) is 11.1. The first-order valence-corrected chi connectivity index (χ1v) is 25.1. The fraction of sp³-hybridized carbons (Fsp3) is 0.232. The van der Waals surface area contributed by atoms with Gasteiger partial charge in [0.05, 0.1) is 0 Å². The van der Waals surface area contributed by atoms with E-state index in [0.29, 0.717) is 37.4 Å². The molecule has 7 heteroatoms. The van der Waals surface area contributed by atoms with Crippen molar-refractivity contribution in [2.24, 2.45) is 11.8 Å². The van der Waals surface area contributed by atoms with Crippen molar-refractivity contribution in [3.05, 3.63) is 184 Å². The Labute approximate surface area is 384 Å². The summed E-state index contributed by atoms with van der Waals surface area (Å²) in [6, 6.07) is 45.3. The van der Waals surface area contributed by atoms with Gasteiger partial charge in [0.25, 0.3) is 0 Å². The summed E-state index contributed by atoms with van der Waals surface area (Å²) >= 11 is 1.77. The number of anilines is 2. The van der Waals surface area contributed by atoms with Crippen molar-refractivity contribution in [2.45, 2.75) is 48.0 Å². The van der Waals surface area contributed by atoms with Crippen LogP contribution in [0.1, 0.15) is 70.2 Å². The topological polar surface area (TPSA) is 49.9 Å². The van der Waals surface area contributed by atoms with Crippen molar-refractivity contribution >= 4 is 69.2 Å². The van der Waals surface area contributed by atoms with Crippen LogP contribution in [0, 0.1) is 16.2 Å². The molecule has 5 aromatic carbocycles. The molecule has 3 aliphatic heterocycles. The van der Waals surface area contributed by atoms with Gasteiger partial charge < -0.3 is 0 Å². The number of allylic oxidation sites excluding steroid dienone is 5. The molecule has 0 aliphatic carbocycles. The Balaban J connectivity index is 1.46. The zero-order valence-corrected chi connectivity index (χ0v) is 40.5. The van der Waals surface area contributed by atoms with Crippen LogP contribution < -0.4 is 25.7 Å². The Bertz CT molecular complexity index is 2660. The third kappa shape index (κ3) is 8.28. The van der Waals surface area contributed by atoms with Gasteiger partial charge in [-0.1, -0.05) is 26.0 Å². The van der Waals surface area contributed by atoms with E-state index in [1.807, 2.05) is 34.9 Å². The number of fused-ring (bicyclic) bond motifs is 2. The summed E-state index contributed by atoms with van der Waals surface area (Å²) in [5, 5.41) is 4.79. The van der Waals surface area contributed by atoms with Crippen LogP contribution in [0.25, 0.3) is 22.8 Å². The van der Waals surface area contributed by atoms with Crippen LogP contribution >= 0.6 is 7.26 Å². The Morgan fingerprint density at radius 1 is 0.698 bits per heavy atom. The molecule has 0 atom stereocenters. The SMILES string of the molecule is C/C=C/c1ccc2c(c1)N(CC(C)C)C(=O)/C2=C1/C(=O)N(CC(C)C)c2cc(C(C=C3COCC3=CCC)=C([C]#[Os])[P+](c3ccccc3)(c3ccccc3)c3ccccc3)ccc21. The third-order valence-corrected chi connectivity index (χ3v) is 17.3. The zero-order valence-electron chi connectivity index (χ0n) is 37.0. The standard InChI is InChI=1S/C56H55N2O3P.Os/c1-8-19-41-27-29-48-51(31-41)57(34-38(3)4)55(59)53(48)54-49-30-28-42(33-52(49)58(56(54)60)35-39(5)6)50(32-44-37-61-36-43(44)20-9-2)40(7)62(45-21-13-10-14-22-45,46-23-15-11-16-24-46)47-25-17-12-18-26-47;/h8,10-33,38-39H,9,34-37H2,1-6H3;/q+1;/b19-8+,43-20?,44-32?,50-40?,54-53+;. The molecule has 0 saturated carbocycles. The maximum absolute atomic E-state index is 15.2. The molecule has 1 saturated heterocycles. The molecule has 2 amide bonds. The molecular formula is C56H55N2O3OsP+. The molecule has 319 valence electrons. The summed E-state index contributed by atoms with van der Waals surface area (Å²) in [4.78, 5) is 33.7. The van der Waals surface area contributed by atoms with Crippen LogP contribution in [-0.2, 0) is 32.3 Å². The number of ether oxygens (including phenoxy) is 1. The molecule has 63 heavy (non-hydrogen) atoms. The van der Waals surface area contributed by atoms with Crippen molar-refractivity contribution < 1.29 is 32.3 Å². The first-order valence-electron chi connectivity index (χ1n) is 22.1. The first-order chi connectivity index (χ1) is 30.6. The molecule has 0 N–H and O–H groups in total. The fourth-order valence-electron chi connectivity index (χ4n) is 9.28. The summed E-state index contributed by atoms with van der Waals surface area (Å²) in [5.41, 5.74) is 9.61. The Hall–Kier alpha value is -5.45. The Morgan fingerprint density at radius 2 is 1.19 bits per heavy atom. The van der Waals surface area contributed by atoms with E-state index in [1.54, 1.807) is 17.9 Å². The number of carbonyl (C=O) groups excluding carboxylic acids is 2. The maximum atomic E-state index is 15.2. The van der Waals surface area contributed by atoms with E-state index >= 15 is 4.79 Å². The van der Waals surface area contributed by atoms with Crippen LogP contribution in [0.15, 0.2) is 162 Å². The van der Waals surface area contributed by atoms with Gasteiger partial charge in [-0.25, -0.2) is 0 Å². The summed E-state index contributed by atoms with van der Waals surface area (Å²) in [7, 11) is -2.62. The predicted molar refractivity (Wildman–Crippen MR) is 262 cm³/mol. The minimum absolute atomic E-state index is 0.121. The number of benzene rings is 5. The van der Waals surface area contributed by atoms with E-state index in [9.17, 15) is 4.79 Å². The van der Waals surface area contributed by atoms with Gasteiger partial charge >= 0.3 is 342 Å². The van der Waals surface area contributed by atoms with Gasteiger partial charge in [-0.3, -0.25) is 0 Å². The van der Waals surface area contributed by atoms with E-state index in [-0.39, 0.29) is 23.7 Å². The van der Waals surface area contributed by atoms with Crippen molar-refractivity contribution in [1.29, 1.82) is 0 Å². The number of carbonyl (C=O) groups is 2. The van der Waals surface area contributed by atoms with Gasteiger partial charge in [0.1, 0.15) is 0 Å². The molecular weight excluding hydrogens is 970 g/mol. The number of rotatable bonds is 12. The average Bonchev–Trinajstić information content (AvgIpc) is 3.93. The summed E-state index contributed by atoms with van der Waals surface area (Å²) in [5.74, 6) is 0.161. The Morgan fingerprint density at radius 3 is 1.67 bits per heavy atom. The van der Waals surface area contributed by atoms with Crippen LogP contribution in [0.3, 0.4) is 0 Å². The second kappa shape index (κ2) is 19.1. The van der Waals surface area contributed by atoms with Crippen LogP contribution in [0.4, 0.5) is 11.4 Å². The molecule has 0 aromatic heterocycles. The Kier molecular flexibility index (Phi) is 13.4. The van der Waals surface area contributed by atoms with E-state index in [0.717, 1.165) is 56.5 Å². The second-order valence-corrected chi connectivity index (χ2v) is 21.2. The van der Waals surface area contributed by atoms with Gasteiger partial charge in [-0.15, -0.1) is 0 Å². The molecule has 8 rings (SSSR count). The van der Waals surface area contributed by atoms with Crippen LogP contribution in [0.2, 0.25) is 0 Å². The van der Waals surface area contributed by atoms with Crippen LogP contribution in [-0.4, -0.2) is 38.1 Å². The van der Waals surface area contributed by atoms with Gasteiger partial charge in [0.15, 0.2) is 0 Å². The molecule has 1 fully saturated rings. The molecule has 5 nitrogen and oxygen atoms in total. The van der Waals surface area contributed by atoms with Crippen LogP contribution in [0.5, 0.6) is 0 Å². The summed E-state index contributed by atoms with van der Waals surface area (Å²) < 4.78 is 10.0. The van der Waals surface area contributed by atoms with Gasteiger partial charge in [-0.05, 0) is 18.4 Å². The van der Waals surface area contributed by atoms with Gasteiger partial charge in [0, 0.05) is 0 Å². The quantitative estimate of drug-likeness (QED) is 0.0924. The molecule has 3 aliphatic rings. The first kappa shape index (κ1) is 44.2. The molecule has 0 unspecified atom stereocenters. The van der Waals surface area contributed by atoms with Gasteiger partial charge in [0.2, 0.25) is 0 Å². The van der Waals surface area contributed by atoms with Gasteiger partial charge in [-0.2, -0.15) is 0 Å². The molecule has 5 aromatic rings. The van der Waals surface area contributed by atoms with Crippen molar-refractivity contribution in [1.82, 2.24) is 0 Å². The van der Waals surface area contributed by atoms with E-state index in [2.05, 4.69) is 172 Å². The van der Waals surface area contributed by atoms with E-state index in [1.165, 1.54) is 21.5 Å². The number of nitrogens with zero attached hydrogens (tertiary/aromatic N) is 2. The van der Waals surface area contributed by atoms with Crippen molar-refractivity contribution in [2.75, 3.05) is 36.1 Å². The molecule has 0 spiro atoms. The number of hydrogen-bond donors (Lipinski definition) is 0. The van der Waals surface area contributed by atoms with E-state index in [4.69, 9.17) is 4.74 Å². The zero-order chi connectivity index (χ0) is 44.3. The summed E-state index contributed by atoms with van der Waals surface area (Å²) in [6.45, 7) is 14.8. The second-order valence-electron chi connectivity index (χ2n) is 17.2. The minimum atomic E-state index is -2.62. The third-order valence-electron chi connectivity index (χ3n) is 11.9. The number of hydrogen-bond acceptors (Lipinski definition) is 3. The monoisotopic (exact) mass is 1030 g/mol.